The molecule has 6 nitrogen and oxygen atoms in total. The quantitative estimate of drug-likeness (QED) is 0.436. The summed E-state index contributed by atoms with van der Waals surface area (Å²) in [6, 6.07) is 19.4. The molecule has 0 saturated carbocycles. The van der Waals surface area contributed by atoms with Crippen molar-refractivity contribution in [3.8, 4) is 11.5 Å². The highest BCUT2D eigenvalue weighted by Gasteiger charge is 2.29. The van der Waals surface area contributed by atoms with Gasteiger partial charge in [-0.25, -0.2) is 8.42 Å². The molecule has 1 aromatic heterocycles. The number of furan rings is 1. The van der Waals surface area contributed by atoms with Crippen molar-refractivity contribution in [2.75, 3.05) is 13.2 Å². The summed E-state index contributed by atoms with van der Waals surface area (Å²) in [7, 11) is -3.92. The summed E-state index contributed by atoms with van der Waals surface area (Å²) in [5, 5.41) is 0.959. The molecule has 0 fully saturated rings. The molecule has 1 N–H and O–H groups in total. The highest BCUT2D eigenvalue weighted by molar-refractivity contribution is 7.89. The molecule has 0 aliphatic carbocycles. The van der Waals surface area contributed by atoms with Gasteiger partial charge in [-0.2, -0.15) is 4.72 Å². The zero-order valence-corrected chi connectivity index (χ0v) is 19.3. The maximum absolute atomic E-state index is 13.5. The lowest BCUT2D eigenvalue weighted by molar-refractivity contribution is 0.297. The Bertz CT molecular complexity index is 1420. The molecule has 0 saturated heterocycles. The molecule has 1 aliphatic rings. The molecule has 0 unspecified atom stereocenters. The van der Waals surface area contributed by atoms with Crippen molar-refractivity contribution in [1.29, 1.82) is 0 Å². The second-order valence-corrected chi connectivity index (χ2v) is 9.87. The number of hydrogen-bond donors (Lipinski definition) is 1. The summed E-state index contributed by atoms with van der Waals surface area (Å²) in [5.74, 6) is 1.56. The third-order valence-electron chi connectivity index (χ3n) is 5.94. The van der Waals surface area contributed by atoms with Crippen LogP contribution in [0.2, 0.25) is 0 Å². The number of nitrogens with one attached hydrogen (secondary N) is 1. The number of benzene rings is 3. The van der Waals surface area contributed by atoms with E-state index in [4.69, 9.17) is 13.9 Å². The summed E-state index contributed by atoms with van der Waals surface area (Å²) < 4.78 is 47.5. The summed E-state index contributed by atoms with van der Waals surface area (Å²) in [6.07, 6.45) is 0.746. The van der Waals surface area contributed by atoms with Gasteiger partial charge < -0.3 is 13.9 Å². The lowest BCUT2D eigenvalue weighted by Crippen LogP contribution is -2.30. The normalized spacial score (nSPS) is 14.7. The minimum absolute atomic E-state index is 0.110. The Morgan fingerprint density at radius 1 is 0.879 bits per heavy atom. The number of sulfonamides is 1. The molecule has 4 aromatic rings. The molecule has 170 valence electrons. The molecule has 5 rings (SSSR count). The fraction of sp³-hybridized carbons (Fsp3) is 0.231. The van der Waals surface area contributed by atoms with Gasteiger partial charge in [0.25, 0.3) is 0 Å². The van der Waals surface area contributed by atoms with Crippen LogP contribution in [0, 0.1) is 13.8 Å². The Morgan fingerprint density at radius 3 is 2.39 bits per heavy atom. The molecule has 1 aliphatic heterocycles. The summed E-state index contributed by atoms with van der Waals surface area (Å²) in [4.78, 5) is 0.110. The molecular weight excluding hydrogens is 438 g/mol. The molecule has 1 atom stereocenters. The van der Waals surface area contributed by atoms with E-state index < -0.39 is 16.1 Å². The Kier molecular flexibility index (Phi) is 5.60. The van der Waals surface area contributed by atoms with Crippen LogP contribution >= 0.6 is 0 Å². The maximum Gasteiger partial charge on any atom is 0.241 e. The third kappa shape index (κ3) is 4.10. The molecule has 2 heterocycles. The lowest BCUT2D eigenvalue weighted by Gasteiger charge is -2.20. The minimum Gasteiger partial charge on any atom is -0.490 e. The van der Waals surface area contributed by atoms with Crippen molar-refractivity contribution in [1.82, 2.24) is 4.72 Å². The number of fused-ring (bicyclic) bond motifs is 2. The van der Waals surface area contributed by atoms with Crippen LogP contribution in [-0.4, -0.2) is 21.6 Å². The first-order chi connectivity index (χ1) is 15.9. The van der Waals surface area contributed by atoms with Gasteiger partial charge in [0, 0.05) is 23.4 Å². The first-order valence-corrected chi connectivity index (χ1v) is 12.4. The van der Waals surface area contributed by atoms with E-state index in [1.807, 2.05) is 62.4 Å². The van der Waals surface area contributed by atoms with E-state index in [-0.39, 0.29) is 4.90 Å². The van der Waals surface area contributed by atoms with Gasteiger partial charge in [-0.3, -0.25) is 0 Å². The Hall–Kier alpha value is -3.29. The van der Waals surface area contributed by atoms with E-state index in [9.17, 15) is 8.42 Å². The molecule has 0 bridgehead atoms. The Labute approximate surface area is 193 Å². The van der Waals surface area contributed by atoms with Crippen LogP contribution in [-0.2, 0) is 10.0 Å². The molecule has 3 aromatic carbocycles. The van der Waals surface area contributed by atoms with Gasteiger partial charge in [-0.15, -0.1) is 0 Å². The molecule has 7 heteroatoms. The van der Waals surface area contributed by atoms with Crippen molar-refractivity contribution in [3.05, 3.63) is 89.2 Å². The second-order valence-electron chi connectivity index (χ2n) is 8.16. The summed E-state index contributed by atoms with van der Waals surface area (Å²) in [5.41, 5.74) is 3.42. The number of aryl methyl sites for hydroxylation is 2. The highest BCUT2D eigenvalue weighted by Crippen LogP contribution is 2.36. The summed E-state index contributed by atoms with van der Waals surface area (Å²) in [6.45, 7) is 4.93. The van der Waals surface area contributed by atoms with Crippen LogP contribution in [0.3, 0.4) is 0 Å². The predicted octanol–water partition coefficient (Wildman–Crippen LogP) is 5.28. The number of hydrogen-bond acceptors (Lipinski definition) is 5. The van der Waals surface area contributed by atoms with Gasteiger partial charge in [0.2, 0.25) is 10.0 Å². The van der Waals surface area contributed by atoms with Crippen LogP contribution in [0.1, 0.15) is 34.9 Å². The van der Waals surface area contributed by atoms with E-state index in [0.717, 1.165) is 34.1 Å². The average molecular weight is 464 g/mol. The zero-order valence-electron chi connectivity index (χ0n) is 18.5. The number of ether oxygens (including phenoxy) is 2. The predicted molar refractivity (Wildman–Crippen MR) is 126 cm³/mol. The number of para-hydroxylation sites is 1. The lowest BCUT2D eigenvalue weighted by atomic mass is 9.98. The summed E-state index contributed by atoms with van der Waals surface area (Å²) >= 11 is 0. The molecule has 33 heavy (non-hydrogen) atoms. The first kappa shape index (κ1) is 21.6. The Morgan fingerprint density at radius 2 is 1.61 bits per heavy atom. The van der Waals surface area contributed by atoms with E-state index in [1.54, 1.807) is 6.07 Å². The molecular formula is C26H25NO5S. The standard InChI is InChI=1S/C26H25NO5S/c1-17-8-3-4-9-20(17)25(26-18(2)21-10-5-6-11-22(21)32-26)27-33(28,29)19-12-13-23-24(16-19)31-15-7-14-30-23/h3-6,8-13,16,25,27H,7,14-15H2,1-2H3/t25-/m1/s1. The van der Waals surface area contributed by atoms with Gasteiger partial charge >= 0.3 is 0 Å². The van der Waals surface area contributed by atoms with Crippen LogP contribution < -0.4 is 14.2 Å². The second kappa shape index (κ2) is 8.57. The first-order valence-electron chi connectivity index (χ1n) is 10.9. The largest absolute Gasteiger partial charge is 0.490 e. The van der Waals surface area contributed by atoms with Gasteiger partial charge in [0.05, 0.1) is 18.1 Å². The van der Waals surface area contributed by atoms with Crippen molar-refractivity contribution < 1.29 is 22.3 Å². The smallest absolute Gasteiger partial charge is 0.241 e. The fourth-order valence-corrected chi connectivity index (χ4v) is 5.36. The van der Waals surface area contributed by atoms with Crippen LogP contribution in [0.4, 0.5) is 0 Å². The SMILES string of the molecule is Cc1ccccc1[C@@H](NS(=O)(=O)c1ccc2c(c1)OCCCO2)c1oc2ccccc2c1C. The van der Waals surface area contributed by atoms with Crippen LogP contribution in [0.25, 0.3) is 11.0 Å². The fourth-order valence-electron chi connectivity index (χ4n) is 4.17. The zero-order chi connectivity index (χ0) is 23.0. The molecule has 0 amide bonds. The van der Waals surface area contributed by atoms with Crippen molar-refractivity contribution >= 4 is 21.0 Å². The minimum atomic E-state index is -3.92. The van der Waals surface area contributed by atoms with Crippen LogP contribution in [0.5, 0.6) is 11.5 Å². The van der Waals surface area contributed by atoms with Gasteiger partial charge in [-0.05, 0) is 43.2 Å². The third-order valence-corrected chi connectivity index (χ3v) is 7.37. The monoisotopic (exact) mass is 463 g/mol. The van der Waals surface area contributed by atoms with Gasteiger partial charge in [0.15, 0.2) is 11.5 Å². The van der Waals surface area contributed by atoms with E-state index >= 15 is 0 Å². The van der Waals surface area contributed by atoms with Crippen molar-refractivity contribution in [2.45, 2.75) is 31.2 Å². The van der Waals surface area contributed by atoms with E-state index in [0.29, 0.717) is 30.5 Å². The molecule has 0 radical (unpaired) electrons. The average Bonchev–Trinajstić information content (AvgIpc) is 2.98. The Balaban J connectivity index is 1.60. The maximum atomic E-state index is 13.5. The van der Waals surface area contributed by atoms with E-state index in [1.165, 1.54) is 12.1 Å². The van der Waals surface area contributed by atoms with Gasteiger partial charge in [0.1, 0.15) is 17.4 Å². The van der Waals surface area contributed by atoms with Gasteiger partial charge in [-0.1, -0.05) is 42.5 Å². The van der Waals surface area contributed by atoms with Crippen molar-refractivity contribution in [2.24, 2.45) is 0 Å². The highest BCUT2D eigenvalue weighted by atomic mass is 32.2. The van der Waals surface area contributed by atoms with Crippen molar-refractivity contribution in [3.63, 3.8) is 0 Å². The van der Waals surface area contributed by atoms with Crippen LogP contribution in [0.15, 0.2) is 76.0 Å². The number of rotatable bonds is 5. The topological polar surface area (TPSA) is 77.8 Å². The molecule has 0 spiro atoms. The van der Waals surface area contributed by atoms with E-state index in [2.05, 4.69) is 4.72 Å².